The molecule has 5 nitrogen and oxygen atoms in total. The predicted octanol–water partition coefficient (Wildman–Crippen LogP) is 0.855. The number of rotatable bonds is 5. The van der Waals surface area contributed by atoms with E-state index >= 15 is 0 Å². The van der Waals surface area contributed by atoms with Crippen molar-refractivity contribution in [3.8, 4) is 0 Å². The molecule has 0 aromatic heterocycles. The van der Waals surface area contributed by atoms with Crippen LogP contribution in [0.1, 0.15) is 6.42 Å². The molecule has 0 aliphatic carbocycles. The number of nitrogens with zero attached hydrogens (tertiary/aromatic N) is 1. The normalized spacial score (nSPS) is 9.29. The van der Waals surface area contributed by atoms with Gasteiger partial charge in [-0.1, -0.05) is 18.2 Å². The average Bonchev–Trinajstić information content (AvgIpc) is 2.09. The van der Waals surface area contributed by atoms with Crippen molar-refractivity contribution in [3.63, 3.8) is 0 Å². The van der Waals surface area contributed by atoms with Crippen LogP contribution in [-0.4, -0.2) is 42.1 Å². The fraction of sp³-hybridized carbons (Fsp3) is 0.500. The van der Waals surface area contributed by atoms with E-state index in [9.17, 15) is 9.59 Å². The lowest BCUT2D eigenvalue weighted by Gasteiger charge is -2.16. The van der Waals surface area contributed by atoms with Crippen LogP contribution >= 0.6 is 11.6 Å². The molecule has 0 aliphatic rings. The molecule has 0 saturated heterocycles. The highest BCUT2D eigenvalue weighted by molar-refractivity contribution is 6.29. The molecule has 0 fully saturated rings. The van der Waals surface area contributed by atoms with E-state index in [1.807, 2.05) is 0 Å². The number of carboxylic acids is 1. The summed E-state index contributed by atoms with van der Waals surface area (Å²) in [5.74, 6) is -0.939. The summed E-state index contributed by atoms with van der Waals surface area (Å²) in [5.41, 5.74) is 0. The molecule has 0 bridgehead atoms. The van der Waals surface area contributed by atoms with E-state index in [1.54, 1.807) is 0 Å². The topological polar surface area (TPSA) is 69.6 Å². The standard InChI is InChI=1S/C8H13ClN2O3/c1-6(9)5-10-8(14)11(2)4-3-7(12)13/h1,3-5H2,2H3,(H,10,14)(H,12,13). The fourth-order valence-electron chi connectivity index (χ4n) is 0.671. The number of amides is 2. The Kier molecular flexibility index (Phi) is 5.71. The largest absolute Gasteiger partial charge is 0.481 e. The van der Waals surface area contributed by atoms with Gasteiger partial charge in [0.1, 0.15) is 0 Å². The first-order chi connectivity index (χ1) is 6.43. The molecule has 14 heavy (non-hydrogen) atoms. The molecule has 0 heterocycles. The molecular weight excluding hydrogens is 208 g/mol. The van der Waals surface area contributed by atoms with Gasteiger partial charge in [0.15, 0.2) is 0 Å². The van der Waals surface area contributed by atoms with Crippen LogP contribution in [0.15, 0.2) is 11.6 Å². The Morgan fingerprint density at radius 2 is 2.14 bits per heavy atom. The number of nitrogens with one attached hydrogen (secondary N) is 1. The van der Waals surface area contributed by atoms with Crippen molar-refractivity contribution < 1.29 is 14.7 Å². The molecule has 0 aliphatic heterocycles. The molecule has 0 radical (unpaired) electrons. The third kappa shape index (κ3) is 6.30. The van der Waals surface area contributed by atoms with Gasteiger partial charge in [-0.3, -0.25) is 4.79 Å². The third-order valence-electron chi connectivity index (χ3n) is 1.44. The highest BCUT2D eigenvalue weighted by atomic mass is 35.5. The van der Waals surface area contributed by atoms with Gasteiger partial charge >= 0.3 is 12.0 Å². The van der Waals surface area contributed by atoms with E-state index in [-0.39, 0.29) is 25.5 Å². The monoisotopic (exact) mass is 220 g/mol. The average molecular weight is 221 g/mol. The number of halogens is 1. The van der Waals surface area contributed by atoms with Crippen molar-refractivity contribution in [3.05, 3.63) is 11.6 Å². The molecule has 80 valence electrons. The number of carboxylic acid groups (broad SMARTS) is 1. The van der Waals surface area contributed by atoms with Gasteiger partial charge in [-0.25, -0.2) is 4.79 Å². The summed E-state index contributed by atoms with van der Waals surface area (Å²) in [5, 5.41) is 11.2. The molecule has 0 aromatic carbocycles. The zero-order valence-corrected chi connectivity index (χ0v) is 8.67. The number of hydrogen-bond acceptors (Lipinski definition) is 2. The van der Waals surface area contributed by atoms with Crippen molar-refractivity contribution in [1.82, 2.24) is 10.2 Å². The molecule has 0 saturated carbocycles. The minimum Gasteiger partial charge on any atom is -0.481 e. The van der Waals surface area contributed by atoms with Crippen LogP contribution < -0.4 is 5.32 Å². The Labute approximate surface area is 87.3 Å². The second kappa shape index (κ2) is 6.26. The summed E-state index contributed by atoms with van der Waals surface area (Å²) in [6.45, 7) is 3.74. The first-order valence-corrected chi connectivity index (χ1v) is 4.35. The van der Waals surface area contributed by atoms with Crippen molar-refractivity contribution in [2.75, 3.05) is 20.1 Å². The zero-order valence-electron chi connectivity index (χ0n) is 7.92. The summed E-state index contributed by atoms with van der Waals surface area (Å²) in [4.78, 5) is 22.7. The van der Waals surface area contributed by atoms with E-state index < -0.39 is 5.97 Å². The van der Waals surface area contributed by atoms with Gasteiger partial charge in [0, 0.05) is 18.6 Å². The van der Waals surface area contributed by atoms with E-state index in [0.717, 1.165) is 0 Å². The second-order valence-electron chi connectivity index (χ2n) is 2.74. The first-order valence-electron chi connectivity index (χ1n) is 3.97. The Balaban J connectivity index is 3.76. The highest BCUT2D eigenvalue weighted by Gasteiger charge is 2.08. The van der Waals surface area contributed by atoms with Crippen LogP contribution in [0.4, 0.5) is 4.79 Å². The van der Waals surface area contributed by atoms with Gasteiger partial charge in [-0.05, 0) is 0 Å². The summed E-state index contributed by atoms with van der Waals surface area (Å²) in [6.07, 6.45) is -0.0776. The number of aliphatic carboxylic acids is 1. The maximum Gasteiger partial charge on any atom is 0.317 e. The smallest absolute Gasteiger partial charge is 0.317 e. The molecule has 2 amide bonds. The fourth-order valence-corrected chi connectivity index (χ4v) is 0.738. The summed E-state index contributed by atoms with van der Waals surface area (Å²) in [7, 11) is 1.51. The third-order valence-corrected chi connectivity index (χ3v) is 1.57. The lowest BCUT2D eigenvalue weighted by molar-refractivity contribution is -0.137. The molecule has 0 unspecified atom stereocenters. The maximum atomic E-state index is 11.2. The molecular formula is C8H13ClN2O3. The Morgan fingerprint density at radius 3 is 2.57 bits per heavy atom. The van der Waals surface area contributed by atoms with Gasteiger partial charge in [-0.15, -0.1) is 0 Å². The van der Waals surface area contributed by atoms with Crippen LogP contribution in [0, 0.1) is 0 Å². The van der Waals surface area contributed by atoms with E-state index in [0.29, 0.717) is 5.03 Å². The lowest BCUT2D eigenvalue weighted by Crippen LogP contribution is -2.38. The van der Waals surface area contributed by atoms with Crippen LogP contribution in [0.3, 0.4) is 0 Å². The van der Waals surface area contributed by atoms with Crippen LogP contribution in [-0.2, 0) is 4.79 Å². The molecule has 0 spiro atoms. The predicted molar refractivity (Wildman–Crippen MR) is 53.3 cm³/mol. The molecule has 2 N–H and O–H groups in total. The van der Waals surface area contributed by atoms with Gasteiger partial charge in [0.25, 0.3) is 0 Å². The number of urea groups is 1. The highest BCUT2D eigenvalue weighted by Crippen LogP contribution is 1.94. The Bertz CT molecular complexity index is 243. The zero-order chi connectivity index (χ0) is 11.1. The van der Waals surface area contributed by atoms with Crippen molar-refractivity contribution in [1.29, 1.82) is 0 Å². The number of carbonyl (C=O) groups excluding carboxylic acids is 1. The van der Waals surface area contributed by atoms with E-state index in [1.165, 1.54) is 11.9 Å². The molecule has 0 rings (SSSR count). The van der Waals surface area contributed by atoms with Crippen molar-refractivity contribution in [2.45, 2.75) is 6.42 Å². The Morgan fingerprint density at radius 1 is 1.57 bits per heavy atom. The summed E-state index contributed by atoms with van der Waals surface area (Å²) >= 11 is 5.43. The summed E-state index contributed by atoms with van der Waals surface area (Å²) < 4.78 is 0. The molecule has 0 atom stereocenters. The van der Waals surface area contributed by atoms with Gasteiger partial charge < -0.3 is 15.3 Å². The van der Waals surface area contributed by atoms with Gasteiger partial charge in [-0.2, -0.15) is 0 Å². The quantitative estimate of drug-likeness (QED) is 0.722. The second-order valence-corrected chi connectivity index (χ2v) is 3.28. The van der Waals surface area contributed by atoms with Crippen LogP contribution in [0.2, 0.25) is 0 Å². The van der Waals surface area contributed by atoms with E-state index in [4.69, 9.17) is 16.7 Å². The van der Waals surface area contributed by atoms with E-state index in [2.05, 4.69) is 11.9 Å². The maximum absolute atomic E-state index is 11.2. The number of hydrogen-bond donors (Lipinski definition) is 2. The van der Waals surface area contributed by atoms with Crippen molar-refractivity contribution >= 4 is 23.6 Å². The lowest BCUT2D eigenvalue weighted by atomic mass is 10.4. The SMILES string of the molecule is C=C(Cl)CNC(=O)N(C)CCC(=O)O. The minimum atomic E-state index is -0.939. The summed E-state index contributed by atoms with van der Waals surface area (Å²) in [6, 6.07) is -0.368. The van der Waals surface area contributed by atoms with Crippen LogP contribution in [0.5, 0.6) is 0 Å². The van der Waals surface area contributed by atoms with Crippen LogP contribution in [0.25, 0.3) is 0 Å². The van der Waals surface area contributed by atoms with Gasteiger partial charge in [0.2, 0.25) is 0 Å². The molecule has 0 aromatic rings. The number of carbonyl (C=O) groups is 2. The molecule has 6 heteroatoms. The minimum absolute atomic E-state index is 0.0776. The Hall–Kier alpha value is -1.23. The van der Waals surface area contributed by atoms with Crippen molar-refractivity contribution in [2.24, 2.45) is 0 Å². The first kappa shape index (κ1) is 12.8. The van der Waals surface area contributed by atoms with Gasteiger partial charge in [0.05, 0.1) is 13.0 Å².